The zero-order valence-electron chi connectivity index (χ0n) is 12.4. The molecule has 0 aliphatic heterocycles. The van der Waals surface area contributed by atoms with Crippen molar-refractivity contribution in [3.05, 3.63) is 71.3 Å². The van der Waals surface area contributed by atoms with Gasteiger partial charge < -0.3 is 0 Å². The van der Waals surface area contributed by atoms with Crippen molar-refractivity contribution in [2.45, 2.75) is 33.1 Å². The largest absolute Gasteiger partial charge is 0.300 e. The molecule has 0 heterocycles. The highest BCUT2D eigenvalue weighted by Gasteiger charge is 2.11. The van der Waals surface area contributed by atoms with E-state index in [0.29, 0.717) is 11.6 Å². The van der Waals surface area contributed by atoms with E-state index in [1.165, 1.54) is 18.4 Å². The first-order valence-electron chi connectivity index (χ1n) is 7.44. The number of nitrogens with one attached hydrogen (secondary N) is 1. The maximum Gasteiger partial charge on any atom is 0.0687 e. The minimum Gasteiger partial charge on any atom is -0.300 e. The Bertz CT molecular complexity index is 557. The maximum absolute atomic E-state index is 8.46. The summed E-state index contributed by atoms with van der Waals surface area (Å²) in [5.74, 6) is 0.671. The molecule has 0 aliphatic rings. The molecule has 0 fully saturated rings. The van der Waals surface area contributed by atoms with Gasteiger partial charge in [0.1, 0.15) is 0 Å². The summed E-state index contributed by atoms with van der Waals surface area (Å²) >= 11 is 0. The van der Waals surface area contributed by atoms with Gasteiger partial charge in [0.05, 0.1) is 5.71 Å². The molecule has 0 bridgehead atoms. The molecule has 2 rings (SSSR count). The Kier molecular flexibility index (Phi) is 5.11. The lowest BCUT2D eigenvalue weighted by Crippen LogP contribution is -2.08. The van der Waals surface area contributed by atoms with Crippen LogP contribution in [0.15, 0.2) is 54.6 Å². The van der Waals surface area contributed by atoms with Gasteiger partial charge in [0.25, 0.3) is 0 Å². The van der Waals surface area contributed by atoms with Gasteiger partial charge in [-0.05, 0) is 17.9 Å². The third-order valence-corrected chi connectivity index (χ3v) is 3.70. The second-order valence-corrected chi connectivity index (χ2v) is 5.50. The molecule has 0 spiro atoms. The van der Waals surface area contributed by atoms with E-state index in [4.69, 9.17) is 5.41 Å². The first-order chi connectivity index (χ1) is 9.72. The molecule has 0 aromatic heterocycles. The molecule has 0 aliphatic carbocycles. The molecular weight excluding hydrogens is 242 g/mol. The number of rotatable bonds is 6. The first kappa shape index (κ1) is 14.5. The van der Waals surface area contributed by atoms with Crippen molar-refractivity contribution in [3.8, 4) is 0 Å². The van der Waals surface area contributed by atoms with Gasteiger partial charge in [0, 0.05) is 11.1 Å². The topological polar surface area (TPSA) is 23.9 Å². The highest BCUT2D eigenvalue weighted by Crippen LogP contribution is 2.20. The standard InChI is InChI=1S/C19H23N/c1-3-9-15(2)14-17-12-7-8-13-18(17)19(20)16-10-5-4-6-11-16/h4-8,10-13,15,20H,3,9,14H2,1-2H3. The van der Waals surface area contributed by atoms with E-state index in [1.807, 2.05) is 36.4 Å². The highest BCUT2D eigenvalue weighted by molar-refractivity contribution is 6.11. The van der Waals surface area contributed by atoms with Crippen molar-refractivity contribution in [3.63, 3.8) is 0 Å². The molecule has 1 unspecified atom stereocenters. The first-order valence-corrected chi connectivity index (χ1v) is 7.44. The fraction of sp³-hybridized carbons (Fsp3) is 0.316. The van der Waals surface area contributed by atoms with Crippen LogP contribution < -0.4 is 0 Å². The van der Waals surface area contributed by atoms with Gasteiger partial charge in [-0.15, -0.1) is 0 Å². The Morgan fingerprint density at radius 1 is 1.00 bits per heavy atom. The van der Waals surface area contributed by atoms with Crippen LogP contribution in [-0.4, -0.2) is 5.71 Å². The van der Waals surface area contributed by atoms with Crippen LogP contribution in [0.2, 0.25) is 0 Å². The van der Waals surface area contributed by atoms with Gasteiger partial charge in [-0.25, -0.2) is 0 Å². The van der Waals surface area contributed by atoms with Crippen molar-refractivity contribution >= 4 is 5.71 Å². The van der Waals surface area contributed by atoms with E-state index in [-0.39, 0.29) is 0 Å². The fourth-order valence-electron chi connectivity index (χ4n) is 2.67. The molecule has 1 N–H and O–H groups in total. The summed E-state index contributed by atoms with van der Waals surface area (Å²) in [4.78, 5) is 0. The molecule has 104 valence electrons. The summed E-state index contributed by atoms with van der Waals surface area (Å²) in [6.45, 7) is 4.53. The molecule has 2 aromatic rings. The van der Waals surface area contributed by atoms with Crippen LogP contribution in [0.5, 0.6) is 0 Å². The lowest BCUT2D eigenvalue weighted by Gasteiger charge is -2.15. The van der Waals surface area contributed by atoms with E-state index in [0.717, 1.165) is 17.5 Å². The molecular formula is C19H23N. The normalized spacial score (nSPS) is 12.1. The zero-order chi connectivity index (χ0) is 14.4. The number of benzene rings is 2. The van der Waals surface area contributed by atoms with Crippen molar-refractivity contribution in [2.75, 3.05) is 0 Å². The molecule has 2 aromatic carbocycles. The number of hydrogen-bond donors (Lipinski definition) is 1. The summed E-state index contributed by atoms with van der Waals surface area (Å²) in [5, 5.41) is 8.46. The summed E-state index contributed by atoms with van der Waals surface area (Å²) in [6.07, 6.45) is 3.52. The third kappa shape index (κ3) is 3.57. The van der Waals surface area contributed by atoms with Crippen molar-refractivity contribution in [1.29, 1.82) is 5.41 Å². The number of hydrogen-bond acceptors (Lipinski definition) is 1. The van der Waals surface area contributed by atoms with Crippen LogP contribution in [0, 0.1) is 11.3 Å². The minimum absolute atomic E-state index is 0.630. The van der Waals surface area contributed by atoms with E-state index in [2.05, 4.69) is 32.0 Å². The summed E-state index contributed by atoms with van der Waals surface area (Å²) in [6, 6.07) is 18.3. The summed E-state index contributed by atoms with van der Waals surface area (Å²) < 4.78 is 0. The van der Waals surface area contributed by atoms with Gasteiger partial charge in [0.2, 0.25) is 0 Å². The molecule has 1 nitrogen and oxygen atoms in total. The smallest absolute Gasteiger partial charge is 0.0687 e. The van der Waals surface area contributed by atoms with E-state index in [1.54, 1.807) is 0 Å². The van der Waals surface area contributed by atoms with E-state index < -0.39 is 0 Å². The van der Waals surface area contributed by atoms with Crippen molar-refractivity contribution < 1.29 is 0 Å². The molecule has 0 amide bonds. The molecule has 0 saturated carbocycles. The van der Waals surface area contributed by atoms with Crippen LogP contribution in [-0.2, 0) is 6.42 Å². The average Bonchev–Trinajstić information content (AvgIpc) is 2.48. The van der Waals surface area contributed by atoms with Crippen molar-refractivity contribution in [2.24, 2.45) is 5.92 Å². The van der Waals surface area contributed by atoms with Gasteiger partial charge in [-0.2, -0.15) is 0 Å². The lowest BCUT2D eigenvalue weighted by molar-refractivity contribution is 0.522. The van der Waals surface area contributed by atoms with Gasteiger partial charge in [0.15, 0.2) is 0 Å². The van der Waals surface area contributed by atoms with E-state index in [9.17, 15) is 0 Å². The molecule has 20 heavy (non-hydrogen) atoms. The van der Waals surface area contributed by atoms with Crippen LogP contribution in [0.1, 0.15) is 43.4 Å². The predicted octanol–water partition coefficient (Wildman–Crippen LogP) is 5.08. The molecule has 1 atom stereocenters. The second kappa shape index (κ2) is 7.04. The molecule has 0 radical (unpaired) electrons. The van der Waals surface area contributed by atoms with Gasteiger partial charge in [-0.1, -0.05) is 81.3 Å². The lowest BCUT2D eigenvalue weighted by atomic mass is 9.90. The van der Waals surface area contributed by atoms with E-state index >= 15 is 0 Å². The van der Waals surface area contributed by atoms with Crippen LogP contribution >= 0.6 is 0 Å². The Labute approximate surface area is 122 Å². The quantitative estimate of drug-likeness (QED) is 0.704. The Balaban J connectivity index is 2.26. The monoisotopic (exact) mass is 265 g/mol. The minimum atomic E-state index is 0.630. The summed E-state index contributed by atoms with van der Waals surface area (Å²) in [5.41, 5.74) is 3.98. The molecule has 0 saturated heterocycles. The zero-order valence-corrected chi connectivity index (χ0v) is 12.4. The maximum atomic E-state index is 8.46. The second-order valence-electron chi connectivity index (χ2n) is 5.50. The van der Waals surface area contributed by atoms with Crippen LogP contribution in [0.4, 0.5) is 0 Å². The van der Waals surface area contributed by atoms with Crippen molar-refractivity contribution in [1.82, 2.24) is 0 Å². The van der Waals surface area contributed by atoms with Crippen LogP contribution in [0.3, 0.4) is 0 Å². The average molecular weight is 265 g/mol. The highest BCUT2D eigenvalue weighted by atomic mass is 14.4. The SMILES string of the molecule is CCCC(C)Cc1ccccc1C(=N)c1ccccc1. The molecule has 1 heteroatoms. The fourth-order valence-corrected chi connectivity index (χ4v) is 2.67. The van der Waals surface area contributed by atoms with Crippen LogP contribution in [0.25, 0.3) is 0 Å². The van der Waals surface area contributed by atoms with Gasteiger partial charge in [-0.3, -0.25) is 5.41 Å². The predicted molar refractivity (Wildman–Crippen MR) is 86.6 cm³/mol. The Morgan fingerprint density at radius 3 is 2.35 bits per heavy atom. The Morgan fingerprint density at radius 2 is 1.65 bits per heavy atom. The third-order valence-electron chi connectivity index (χ3n) is 3.70. The van der Waals surface area contributed by atoms with Gasteiger partial charge >= 0.3 is 0 Å². The Hall–Kier alpha value is -1.89. The summed E-state index contributed by atoms with van der Waals surface area (Å²) in [7, 11) is 0.